The lowest BCUT2D eigenvalue weighted by atomic mass is 10.1. The average Bonchev–Trinajstić information content (AvgIpc) is 2.54. The van der Waals surface area contributed by atoms with Crippen LogP contribution in [0.4, 0.5) is 18.0 Å². The molecular weight excluding hydrogens is 337 g/mol. The number of piperidine rings is 1. The van der Waals surface area contributed by atoms with E-state index in [9.17, 15) is 22.8 Å². The Morgan fingerprint density at radius 1 is 1.32 bits per heavy atom. The van der Waals surface area contributed by atoms with Gasteiger partial charge in [-0.25, -0.2) is 4.79 Å². The molecule has 1 aromatic rings. The molecule has 0 bridgehead atoms. The molecule has 2 rings (SSSR count). The van der Waals surface area contributed by atoms with Crippen molar-refractivity contribution >= 4 is 11.9 Å². The zero-order valence-corrected chi connectivity index (χ0v) is 14.1. The monoisotopic (exact) mass is 358 g/mol. The van der Waals surface area contributed by atoms with Crippen LogP contribution in [-0.4, -0.2) is 41.0 Å². The molecule has 0 aromatic carbocycles. The zero-order valence-electron chi connectivity index (χ0n) is 14.1. The van der Waals surface area contributed by atoms with Crippen molar-refractivity contribution < 1.29 is 22.8 Å². The number of pyridine rings is 1. The summed E-state index contributed by atoms with van der Waals surface area (Å²) in [6, 6.07) is 1.26. The minimum absolute atomic E-state index is 0.00896. The number of hydrogen-bond acceptors (Lipinski definition) is 3. The lowest BCUT2D eigenvalue weighted by Crippen LogP contribution is -2.49. The number of rotatable bonds is 3. The molecule has 1 aliphatic rings. The summed E-state index contributed by atoms with van der Waals surface area (Å²) in [4.78, 5) is 28.3. The zero-order chi connectivity index (χ0) is 18.6. The Hall–Kier alpha value is -2.32. The van der Waals surface area contributed by atoms with Gasteiger partial charge >= 0.3 is 12.2 Å². The van der Waals surface area contributed by atoms with Gasteiger partial charge in [0, 0.05) is 32.3 Å². The van der Waals surface area contributed by atoms with E-state index in [0.717, 1.165) is 12.3 Å². The first-order valence-corrected chi connectivity index (χ1v) is 8.02. The number of halogens is 3. The van der Waals surface area contributed by atoms with Crippen LogP contribution >= 0.6 is 0 Å². The first kappa shape index (κ1) is 19.0. The van der Waals surface area contributed by atoms with E-state index in [0.29, 0.717) is 31.5 Å². The summed E-state index contributed by atoms with van der Waals surface area (Å²) in [6.07, 6.45) is -2.15. The molecule has 138 valence electrons. The maximum absolute atomic E-state index is 12.7. The average molecular weight is 358 g/mol. The Kier molecular flexibility index (Phi) is 5.86. The number of likely N-dealkylation sites (tertiary alicyclic amines) is 1. The van der Waals surface area contributed by atoms with Gasteiger partial charge in [0.15, 0.2) is 0 Å². The standard InChI is InChI=1S/C16H21F3N4O2/c1-10(12-3-6-20-14(9-12)16(17,18)19)21-15(25)22-13-4-7-23(8-5-13)11(2)24/h3,6,9-10,13H,4-5,7-8H2,1-2H3,(H2,21,22,25). The van der Waals surface area contributed by atoms with Gasteiger partial charge in [-0.05, 0) is 37.5 Å². The van der Waals surface area contributed by atoms with Crippen LogP contribution in [0.1, 0.15) is 44.0 Å². The van der Waals surface area contributed by atoms with E-state index in [1.807, 2.05) is 0 Å². The minimum atomic E-state index is -4.53. The van der Waals surface area contributed by atoms with Crippen molar-refractivity contribution in [3.05, 3.63) is 29.6 Å². The van der Waals surface area contributed by atoms with E-state index in [-0.39, 0.29) is 11.9 Å². The molecule has 2 heterocycles. The quantitative estimate of drug-likeness (QED) is 0.872. The number of nitrogens with one attached hydrogen (secondary N) is 2. The predicted molar refractivity (Wildman–Crippen MR) is 84.6 cm³/mol. The second-order valence-electron chi connectivity index (χ2n) is 6.09. The van der Waals surface area contributed by atoms with Gasteiger partial charge in [-0.1, -0.05) is 0 Å². The van der Waals surface area contributed by atoms with Crippen molar-refractivity contribution in [2.45, 2.75) is 44.9 Å². The first-order valence-electron chi connectivity index (χ1n) is 8.02. The minimum Gasteiger partial charge on any atom is -0.343 e. The molecule has 0 spiro atoms. The van der Waals surface area contributed by atoms with Gasteiger partial charge in [-0.15, -0.1) is 0 Å². The number of alkyl halides is 3. The number of aromatic nitrogens is 1. The van der Waals surface area contributed by atoms with Gasteiger partial charge < -0.3 is 15.5 Å². The van der Waals surface area contributed by atoms with E-state index < -0.39 is 23.9 Å². The number of hydrogen-bond donors (Lipinski definition) is 2. The normalized spacial score (nSPS) is 17.1. The highest BCUT2D eigenvalue weighted by atomic mass is 19.4. The van der Waals surface area contributed by atoms with Crippen LogP contribution in [0.2, 0.25) is 0 Å². The molecule has 0 saturated carbocycles. The topological polar surface area (TPSA) is 74.3 Å². The van der Waals surface area contributed by atoms with Gasteiger partial charge in [0.1, 0.15) is 5.69 Å². The van der Waals surface area contributed by atoms with Crippen molar-refractivity contribution in [1.29, 1.82) is 0 Å². The Bertz CT molecular complexity index is 628. The van der Waals surface area contributed by atoms with E-state index in [1.54, 1.807) is 11.8 Å². The first-order chi connectivity index (χ1) is 11.7. The highest BCUT2D eigenvalue weighted by molar-refractivity contribution is 5.75. The molecule has 3 amide bonds. The molecule has 1 aliphatic heterocycles. The molecule has 1 aromatic heterocycles. The Labute approximate surface area is 143 Å². The van der Waals surface area contributed by atoms with Crippen LogP contribution in [0.5, 0.6) is 0 Å². The molecular formula is C16H21F3N4O2. The van der Waals surface area contributed by atoms with E-state index in [1.165, 1.54) is 13.0 Å². The third-order valence-corrected chi connectivity index (χ3v) is 4.20. The van der Waals surface area contributed by atoms with Gasteiger partial charge in [0.05, 0.1) is 6.04 Å². The predicted octanol–water partition coefficient (Wildman–Crippen LogP) is 2.47. The van der Waals surface area contributed by atoms with Crippen molar-refractivity contribution in [2.24, 2.45) is 0 Å². The van der Waals surface area contributed by atoms with Crippen LogP contribution in [0.25, 0.3) is 0 Å². The van der Waals surface area contributed by atoms with E-state index in [4.69, 9.17) is 0 Å². The molecule has 0 aliphatic carbocycles. The summed E-state index contributed by atoms with van der Waals surface area (Å²) in [6.45, 7) is 4.27. The molecule has 0 radical (unpaired) electrons. The SMILES string of the molecule is CC(=O)N1CCC(NC(=O)NC(C)c2ccnc(C(F)(F)F)c2)CC1. The summed E-state index contributed by atoms with van der Waals surface area (Å²) >= 11 is 0. The van der Waals surface area contributed by atoms with E-state index in [2.05, 4.69) is 15.6 Å². The van der Waals surface area contributed by atoms with Gasteiger partial charge in [-0.2, -0.15) is 13.2 Å². The second kappa shape index (κ2) is 7.71. The summed E-state index contributed by atoms with van der Waals surface area (Å²) in [5.74, 6) is 0.00896. The van der Waals surface area contributed by atoms with Gasteiger partial charge in [-0.3, -0.25) is 9.78 Å². The molecule has 1 atom stereocenters. The van der Waals surface area contributed by atoms with Gasteiger partial charge in [0.25, 0.3) is 0 Å². The molecule has 1 saturated heterocycles. The summed E-state index contributed by atoms with van der Waals surface area (Å²) < 4.78 is 38.1. The van der Waals surface area contributed by atoms with Crippen LogP contribution < -0.4 is 10.6 Å². The maximum Gasteiger partial charge on any atom is 0.433 e. The molecule has 6 nitrogen and oxygen atoms in total. The highest BCUT2D eigenvalue weighted by Gasteiger charge is 2.33. The summed E-state index contributed by atoms with van der Waals surface area (Å²) in [7, 11) is 0. The molecule has 1 fully saturated rings. The number of nitrogens with zero attached hydrogens (tertiary/aromatic N) is 2. The Morgan fingerprint density at radius 3 is 2.52 bits per heavy atom. The molecule has 9 heteroatoms. The van der Waals surface area contributed by atoms with Crippen LogP contribution in [0, 0.1) is 0 Å². The number of carbonyl (C=O) groups is 2. The van der Waals surface area contributed by atoms with Gasteiger partial charge in [0.2, 0.25) is 5.91 Å². The lowest BCUT2D eigenvalue weighted by molar-refractivity contribution is -0.141. The summed E-state index contributed by atoms with van der Waals surface area (Å²) in [5, 5.41) is 5.43. The lowest BCUT2D eigenvalue weighted by Gasteiger charge is -2.32. The Morgan fingerprint density at radius 2 is 1.96 bits per heavy atom. The number of amides is 3. The third kappa shape index (κ3) is 5.33. The van der Waals surface area contributed by atoms with Crippen LogP contribution in [0.3, 0.4) is 0 Å². The third-order valence-electron chi connectivity index (χ3n) is 4.20. The fourth-order valence-electron chi connectivity index (χ4n) is 2.72. The highest BCUT2D eigenvalue weighted by Crippen LogP contribution is 2.28. The largest absolute Gasteiger partial charge is 0.433 e. The maximum atomic E-state index is 12.7. The van der Waals surface area contributed by atoms with E-state index >= 15 is 0 Å². The second-order valence-corrected chi connectivity index (χ2v) is 6.09. The van der Waals surface area contributed by atoms with Crippen molar-refractivity contribution in [1.82, 2.24) is 20.5 Å². The van der Waals surface area contributed by atoms with Crippen molar-refractivity contribution in [2.75, 3.05) is 13.1 Å². The molecule has 1 unspecified atom stereocenters. The number of carbonyl (C=O) groups excluding carboxylic acids is 2. The van der Waals surface area contributed by atoms with Crippen LogP contribution in [-0.2, 0) is 11.0 Å². The van der Waals surface area contributed by atoms with Crippen molar-refractivity contribution in [3.63, 3.8) is 0 Å². The van der Waals surface area contributed by atoms with Crippen LogP contribution in [0.15, 0.2) is 18.3 Å². The number of urea groups is 1. The van der Waals surface area contributed by atoms with Crippen molar-refractivity contribution in [3.8, 4) is 0 Å². The Balaban J connectivity index is 1.87. The molecule has 2 N–H and O–H groups in total. The summed E-state index contributed by atoms with van der Waals surface area (Å²) in [5.41, 5.74) is -0.667. The smallest absolute Gasteiger partial charge is 0.343 e. The fourth-order valence-corrected chi connectivity index (χ4v) is 2.72. The molecule has 25 heavy (non-hydrogen) atoms. The fraction of sp³-hybridized carbons (Fsp3) is 0.562.